The van der Waals surface area contributed by atoms with E-state index in [1.54, 1.807) is 0 Å². The fourth-order valence-electron chi connectivity index (χ4n) is 1.73. The maximum absolute atomic E-state index is 11.3. The van der Waals surface area contributed by atoms with Gasteiger partial charge in [0.2, 0.25) is 0 Å². The Labute approximate surface area is 107 Å². The standard InChI is InChI=1S/C12H18N2O3S/c1-18(15,16)8-12(14-13)9-3-2-4-11(7-9)17-10-5-6-10/h2-4,7,10,12,14H,5-6,8,13H2,1H3. The van der Waals surface area contributed by atoms with Crippen molar-refractivity contribution in [1.29, 1.82) is 0 Å². The second-order valence-electron chi connectivity index (χ2n) is 4.70. The summed E-state index contributed by atoms with van der Waals surface area (Å²) in [5.41, 5.74) is 3.36. The molecular weight excluding hydrogens is 252 g/mol. The van der Waals surface area contributed by atoms with E-state index in [0.29, 0.717) is 6.10 Å². The molecule has 5 nitrogen and oxygen atoms in total. The van der Waals surface area contributed by atoms with E-state index in [4.69, 9.17) is 10.6 Å². The van der Waals surface area contributed by atoms with Crippen molar-refractivity contribution in [3.05, 3.63) is 29.8 Å². The fourth-order valence-corrected chi connectivity index (χ4v) is 2.62. The van der Waals surface area contributed by atoms with Crippen LogP contribution in [0.1, 0.15) is 24.4 Å². The largest absolute Gasteiger partial charge is 0.490 e. The molecule has 0 saturated heterocycles. The number of nitrogens with two attached hydrogens (primary N) is 1. The molecule has 6 heteroatoms. The normalized spacial score (nSPS) is 17.4. The number of nitrogens with one attached hydrogen (secondary N) is 1. The minimum Gasteiger partial charge on any atom is -0.490 e. The molecule has 0 radical (unpaired) electrons. The van der Waals surface area contributed by atoms with E-state index in [0.717, 1.165) is 24.2 Å². The topological polar surface area (TPSA) is 81.4 Å². The fraction of sp³-hybridized carbons (Fsp3) is 0.500. The van der Waals surface area contributed by atoms with E-state index in [2.05, 4.69) is 5.43 Å². The highest BCUT2D eigenvalue weighted by molar-refractivity contribution is 7.90. The highest BCUT2D eigenvalue weighted by atomic mass is 32.2. The summed E-state index contributed by atoms with van der Waals surface area (Å²) in [5, 5.41) is 0. The zero-order valence-corrected chi connectivity index (χ0v) is 11.1. The summed E-state index contributed by atoms with van der Waals surface area (Å²) in [5.74, 6) is 6.16. The molecule has 1 aromatic rings. The van der Waals surface area contributed by atoms with Crippen LogP contribution >= 0.6 is 0 Å². The first-order valence-electron chi connectivity index (χ1n) is 5.88. The smallest absolute Gasteiger partial charge is 0.149 e. The molecule has 0 bridgehead atoms. The highest BCUT2D eigenvalue weighted by Gasteiger charge is 2.24. The molecule has 0 spiro atoms. The van der Waals surface area contributed by atoms with E-state index in [9.17, 15) is 8.42 Å². The summed E-state index contributed by atoms with van der Waals surface area (Å²) < 4.78 is 28.3. The molecular formula is C12H18N2O3S. The zero-order valence-electron chi connectivity index (χ0n) is 10.3. The van der Waals surface area contributed by atoms with Crippen molar-refractivity contribution < 1.29 is 13.2 Å². The van der Waals surface area contributed by atoms with Crippen LogP contribution in [0, 0.1) is 0 Å². The Balaban J connectivity index is 2.13. The average molecular weight is 270 g/mol. The van der Waals surface area contributed by atoms with E-state index in [1.165, 1.54) is 6.26 Å². The first kappa shape index (κ1) is 13.3. The first-order chi connectivity index (χ1) is 8.48. The molecule has 0 aromatic heterocycles. The van der Waals surface area contributed by atoms with Crippen LogP contribution in [0.5, 0.6) is 5.75 Å². The van der Waals surface area contributed by atoms with Crippen molar-refractivity contribution in [2.24, 2.45) is 5.84 Å². The molecule has 1 atom stereocenters. The molecule has 2 rings (SSSR count). The summed E-state index contributed by atoms with van der Waals surface area (Å²) in [6.07, 6.45) is 3.69. The summed E-state index contributed by atoms with van der Waals surface area (Å²) in [6, 6.07) is 6.99. The van der Waals surface area contributed by atoms with Gasteiger partial charge in [0.1, 0.15) is 15.6 Å². The molecule has 1 aliphatic carbocycles. The van der Waals surface area contributed by atoms with Crippen LogP contribution in [-0.2, 0) is 9.84 Å². The van der Waals surface area contributed by atoms with E-state index < -0.39 is 15.9 Å². The molecule has 3 N–H and O–H groups in total. The number of hydrogen-bond acceptors (Lipinski definition) is 5. The summed E-state index contributed by atoms with van der Waals surface area (Å²) in [6.45, 7) is 0. The van der Waals surface area contributed by atoms with Gasteiger partial charge >= 0.3 is 0 Å². The first-order valence-corrected chi connectivity index (χ1v) is 7.94. The Kier molecular flexibility index (Phi) is 3.89. The predicted molar refractivity (Wildman–Crippen MR) is 69.9 cm³/mol. The maximum Gasteiger partial charge on any atom is 0.149 e. The lowest BCUT2D eigenvalue weighted by molar-refractivity contribution is 0.302. The van der Waals surface area contributed by atoms with E-state index in [-0.39, 0.29) is 5.75 Å². The van der Waals surface area contributed by atoms with Crippen LogP contribution in [0.4, 0.5) is 0 Å². The van der Waals surface area contributed by atoms with Crippen LogP contribution in [0.25, 0.3) is 0 Å². The van der Waals surface area contributed by atoms with Crippen molar-refractivity contribution in [2.45, 2.75) is 25.0 Å². The van der Waals surface area contributed by atoms with Crippen LogP contribution in [0.15, 0.2) is 24.3 Å². The second kappa shape index (κ2) is 5.26. The Bertz CT molecular complexity index is 512. The van der Waals surface area contributed by atoms with Gasteiger partial charge in [-0.05, 0) is 30.5 Å². The summed E-state index contributed by atoms with van der Waals surface area (Å²) in [7, 11) is -3.09. The average Bonchev–Trinajstić information content (AvgIpc) is 3.09. The SMILES string of the molecule is CS(=O)(=O)CC(NN)c1cccc(OC2CC2)c1. The van der Waals surface area contributed by atoms with Crippen LogP contribution in [-0.4, -0.2) is 26.5 Å². The number of benzene rings is 1. The third kappa shape index (κ3) is 3.97. The van der Waals surface area contributed by atoms with Crippen molar-refractivity contribution in [2.75, 3.05) is 12.0 Å². The van der Waals surface area contributed by atoms with Gasteiger partial charge in [-0.15, -0.1) is 0 Å². The van der Waals surface area contributed by atoms with Gasteiger partial charge in [-0.3, -0.25) is 11.3 Å². The quantitative estimate of drug-likeness (QED) is 0.589. The zero-order chi connectivity index (χ0) is 13.2. The monoisotopic (exact) mass is 270 g/mol. The van der Waals surface area contributed by atoms with E-state index in [1.807, 2.05) is 24.3 Å². The maximum atomic E-state index is 11.3. The van der Waals surface area contributed by atoms with Gasteiger partial charge in [-0.25, -0.2) is 8.42 Å². The molecule has 1 aromatic carbocycles. The number of rotatable bonds is 6. The third-order valence-electron chi connectivity index (χ3n) is 2.76. The number of sulfone groups is 1. The van der Waals surface area contributed by atoms with Gasteiger partial charge in [0.25, 0.3) is 0 Å². The Morgan fingerprint density at radius 1 is 1.50 bits per heavy atom. The van der Waals surface area contributed by atoms with Crippen LogP contribution < -0.4 is 16.0 Å². The minimum absolute atomic E-state index is 0.0314. The molecule has 1 unspecified atom stereocenters. The lowest BCUT2D eigenvalue weighted by atomic mass is 10.1. The predicted octanol–water partition coefficient (Wildman–Crippen LogP) is 0.777. The summed E-state index contributed by atoms with van der Waals surface area (Å²) in [4.78, 5) is 0. The van der Waals surface area contributed by atoms with Gasteiger partial charge in [0.05, 0.1) is 17.9 Å². The number of hydrazine groups is 1. The second-order valence-corrected chi connectivity index (χ2v) is 6.89. The van der Waals surface area contributed by atoms with Crippen molar-refractivity contribution >= 4 is 9.84 Å². The molecule has 0 heterocycles. The molecule has 100 valence electrons. The minimum atomic E-state index is -3.09. The van der Waals surface area contributed by atoms with Gasteiger partial charge in [0.15, 0.2) is 0 Å². The lowest BCUT2D eigenvalue weighted by Gasteiger charge is -2.16. The van der Waals surface area contributed by atoms with Gasteiger partial charge in [-0.1, -0.05) is 12.1 Å². The number of ether oxygens (including phenoxy) is 1. The molecule has 0 amide bonds. The summed E-state index contributed by atoms with van der Waals surface area (Å²) >= 11 is 0. The van der Waals surface area contributed by atoms with E-state index >= 15 is 0 Å². The van der Waals surface area contributed by atoms with Gasteiger partial charge in [0, 0.05) is 6.26 Å². The lowest BCUT2D eigenvalue weighted by Crippen LogP contribution is -2.33. The molecule has 0 aliphatic heterocycles. The van der Waals surface area contributed by atoms with Gasteiger partial charge < -0.3 is 4.74 Å². The van der Waals surface area contributed by atoms with Crippen molar-refractivity contribution in [1.82, 2.24) is 5.43 Å². The van der Waals surface area contributed by atoms with Crippen molar-refractivity contribution in [3.63, 3.8) is 0 Å². The highest BCUT2D eigenvalue weighted by Crippen LogP contribution is 2.28. The Hall–Kier alpha value is -1.11. The Morgan fingerprint density at radius 3 is 2.78 bits per heavy atom. The Morgan fingerprint density at radius 2 is 2.22 bits per heavy atom. The van der Waals surface area contributed by atoms with Crippen LogP contribution in [0.3, 0.4) is 0 Å². The number of hydrogen-bond donors (Lipinski definition) is 2. The van der Waals surface area contributed by atoms with Crippen molar-refractivity contribution in [3.8, 4) is 5.75 Å². The molecule has 1 fully saturated rings. The molecule has 1 aliphatic rings. The van der Waals surface area contributed by atoms with Crippen LogP contribution in [0.2, 0.25) is 0 Å². The third-order valence-corrected chi connectivity index (χ3v) is 3.70. The molecule has 18 heavy (non-hydrogen) atoms. The van der Waals surface area contributed by atoms with Gasteiger partial charge in [-0.2, -0.15) is 0 Å². The molecule has 1 saturated carbocycles.